The number of aryl methyl sites for hydroxylation is 1. The van der Waals surface area contributed by atoms with Crippen LogP contribution in [0, 0.1) is 6.92 Å². The highest BCUT2D eigenvalue weighted by Gasteiger charge is 2.25. The zero-order chi connectivity index (χ0) is 11.7. The molecule has 0 saturated carbocycles. The third-order valence-electron chi connectivity index (χ3n) is 2.74. The first kappa shape index (κ1) is 11.6. The van der Waals surface area contributed by atoms with E-state index in [9.17, 15) is 9.90 Å². The maximum Gasteiger partial charge on any atom is 0.253 e. The van der Waals surface area contributed by atoms with E-state index < -0.39 is 0 Å². The van der Waals surface area contributed by atoms with Crippen LogP contribution >= 0.6 is 15.9 Å². The number of β-amino-alcohol motifs (C(OH)–C–C–N with tert-alkyl or cyclic N) is 1. The van der Waals surface area contributed by atoms with E-state index in [0.29, 0.717) is 25.1 Å². The number of aliphatic hydroxyl groups excluding tert-OH is 1. The van der Waals surface area contributed by atoms with Gasteiger partial charge in [0.2, 0.25) is 0 Å². The van der Waals surface area contributed by atoms with Crippen molar-refractivity contribution in [3.8, 4) is 0 Å². The Bertz CT molecular complexity index is 399. The maximum atomic E-state index is 12.1. The molecule has 1 aromatic carbocycles. The molecule has 1 atom stereocenters. The molecule has 1 saturated heterocycles. The van der Waals surface area contributed by atoms with E-state index in [1.807, 2.05) is 25.1 Å². The molecular formula is C12H14BrNO2. The molecule has 86 valence electrons. The summed E-state index contributed by atoms with van der Waals surface area (Å²) in [5.41, 5.74) is 1.73. The first-order valence-corrected chi connectivity index (χ1v) is 6.10. The number of hydrogen-bond donors (Lipinski definition) is 1. The monoisotopic (exact) mass is 283 g/mol. The van der Waals surface area contributed by atoms with E-state index in [1.54, 1.807) is 4.90 Å². The smallest absolute Gasteiger partial charge is 0.253 e. The Morgan fingerprint density at radius 2 is 2.25 bits per heavy atom. The number of benzene rings is 1. The normalized spacial score (nSPS) is 20.2. The molecule has 3 nitrogen and oxygen atoms in total. The zero-order valence-electron chi connectivity index (χ0n) is 9.11. The molecule has 1 heterocycles. The summed E-state index contributed by atoms with van der Waals surface area (Å²) in [7, 11) is 0. The highest BCUT2D eigenvalue weighted by atomic mass is 79.9. The Hall–Kier alpha value is -0.870. The van der Waals surface area contributed by atoms with Crippen LogP contribution in [-0.4, -0.2) is 35.1 Å². The molecule has 1 N–H and O–H groups in total. The van der Waals surface area contributed by atoms with Gasteiger partial charge in [0, 0.05) is 23.1 Å². The number of hydrogen-bond acceptors (Lipinski definition) is 2. The minimum Gasteiger partial charge on any atom is -0.391 e. The van der Waals surface area contributed by atoms with Gasteiger partial charge in [0.05, 0.1) is 6.10 Å². The molecule has 4 heteroatoms. The summed E-state index contributed by atoms with van der Waals surface area (Å²) in [6.45, 7) is 3.05. The predicted octanol–water partition coefficient (Wildman–Crippen LogP) is 1.96. The average Bonchev–Trinajstić information content (AvgIpc) is 2.62. The zero-order valence-corrected chi connectivity index (χ0v) is 10.7. The number of carbonyl (C=O) groups is 1. The van der Waals surface area contributed by atoms with Gasteiger partial charge in [0.15, 0.2) is 0 Å². The lowest BCUT2D eigenvalue weighted by Gasteiger charge is -2.16. The van der Waals surface area contributed by atoms with Crippen molar-refractivity contribution < 1.29 is 9.90 Å². The van der Waals surface area contributed by atoms with Crippen LogP contribution in [0.2, 0.25) is 0 Å². The van der Waals surface area contributed by atoms with Gasteiger partial charge in [-0.05, 0) is 37.1 Å². The summed E-state index contributed by atoms with van der Waals surface area (Å²) < 4.78 is 0.913. The Morgan fingerprint density at radius 1 is 1.50 bits per heavy atom. The topological polar surface area (TPSA) is 40.5 Å². The highest BCUT2D eigenvalue weighted by molar-refractivity contribution is 9.10. The quantitative estimate of drug-likeness (QED) is 0.856. The summed E-state index contributed by atoms with van der Waals surface area (Å²) in [6.07, 6.45) is 0.316. The fraction of sp³-hybridized carbons (Fsp3) is 0.417. The Morgan fingerprint density at radius 3 is 2.81 bits per heavy atom. The number of rotatable bonds is 1. The lowest BCUT2D eigenvalue weighted by atomic mass is 10.1. The molecule has 1 aliphatic rings. The summed E-state index contributed by atoms with van der Waals surface area (Å²) >= 11 is 3.38. The fourth-order valence-electron chi connectivity index (χ4n) is 1.97. The average molecular weight is 284 g/mol. The van der Waals surface area contributed by atoms with Crippen LogP contribution in [0.1, 0.15) is 22.3 Å². The summed E-state index contributed by atoms with van der Waals surface area (Å²) in [5, 5.41) is 9.40. The van der Waals surface area contributed by atoms with E-state index in [4.69, 9.17) is 0 Å². The van der Waals surface area contributed by atoms with E-state index in [-0.39, 0.29) is 12.0 Å². The number of carbonyl (C=O) groups excluding carboxylic acids is 1. The summed E-state index contributed by atoms with van der Waals surface area (Å²) in [6, 6.07) is 5.66. The molecular weight excluding hydrogens is 270 g/mol. The second kappa shape index (κ2) is 4.55. The van der Waals surface area contributed by atoms with Gasteiger partial charge in [0.25, 0.3) is 5.91 Å². The maximum absolute atomic E-state index is 12.1. The first-order chi connectivity index (χ1) is 7.56. The molecule has 2 rings (SSSR count). The molecule has 0 spiro atoms. The van der Waals surface area contributed by atoms with Gasteiger partial charge in [-0.1, -0.05) is 15.9 Å². The molecule has 1 fully saturated rings. The Balaban J connectivity index is 2.20. The summed E-state index contributed by atoms with van der Waals surface area (Å²) in [5.74, 6) is 0.000880. The summed E-state index contributed by atoms with van der Waals surface area (Å²) in [4.78, 5) is 13.8. The van der Waals surface area contributed by atoms with Crippen molar-refractivity contribution in [2.75, 3.05) is 13.1 Å². The first-order valence-electron chi connectivity index (χ1n) is 5.31. The number of likely N-dealkylation sites (tertiary alicyclic amines) is 1. The minimum atomic E-state index is -0.364. The van der Waals surface area contributed by atoms with Crippen molar-refractivity contribution in [2.24, 2.45) is 0 Å². The molecule has 0 aliphatic carbocycles. The molecule has 1 amide bonds. The van der Waals surface area contributed by atoms with Crippen molar-refractivity contribution in [1.29, 1.82) is 0 Å². The number of aliphatic hydroxyl groups is 1. The largest absolute Gasteiger partial charge is 0.391 e. The second-order valence-electron chi connectivity index (χ2n) is 4.21. The highest BCUT2D eigenvalue weighted by Crippen LogP contribution is 2.19. The van der Waals surface area contributed by atoms with Gasteiger partial charge in [-0.15, -0.1) is 0 Å². The van der Waals surface area contributed by atoms with Crippen molar-refractivity contribution in [2.45, 2.75) is 19.4 Å². The van der Waals surface area contributed by atoms with Gasteiger partial charge in [-0.25, -0.2) is 0 Å². The van der Waals surface area contributed by atoms with Crippen LogP contribution in [0.25, 0.3) is 0 Å². The van der Waals surface area contributed by atoms with Crippen LogP contribution in [-0.2, 0) is 0 Å². The van der Waals surface area contributed by atoms with E-state index in [1.165, 1.54) is 0 Å². The fourth-order valence-corrected chi connectivity index (χ4v) is 2.58. The van der Waals surface area contributed by atoms with Crippen LogP contribution in [0.15, 0.2) is 22.7 Å². The van der Waals surface area contributed by atoms with Crippen molar-refractivity contribution in [1.82, 2.24) is 4.90 Å². The molecule has 0 unspecified atom stereocenters. The van der Waals surface area contributed by atoms with Gasteiger partial charge < -0.3 is 10.0 Å². The van der Waals surface area contributed by atoms with E-state index >= 15 is 0 Å². The number of halogens is 1. The van der Waals surface area contributed by atoms with Crippen LogP contribution < -0.4 is 0 Å². The van der Waals surface area contributed by atoms with Crippen molar-refractivity contribution in [3.63, 3.8) is 0 Å². The molecule has 16 heavy (non-hydrogen) atoms. The molecule has 0 aromatic heterocycles. The van der Waals surface area contributed by atoms with E-state index in [0.717, 1.165) is 10.0 Å². The van der Waals surface area contributed by atoms with E-state index in [2.05, 4.69) is 15.9 Å². The van der Waals surface area contributed by atoms with Crippen LogP contribution in [0.4, 0.5) is 0 Å². The van der Waals surface area contributed by atoms with Crippen molar-refractivity contribution >= 4 is 21.8 Å². The third kappa shape index (κ3) is 2.44. The number of nitrogens with zero attached hydrogens (tertiary/aromatic N) is 1. The van der Waals surface area contributed by atoms with Crippen LogP contribution in [0.5, 0.6) is 0 Å². The number of amides is 1. The second-order valence-corrected chi connectivity index (χ2v) is 5.13. The standard InChI is InChI=1S/C12H14BrNO2/c1-8-4-9(6-10(13)5-8)12(16)14-3-2-11(15)7-14/h4-6,11,15H,2-3,7H2,1H3/t11-/m1/s1. The van der Waals surface area contributed by atoms with Gasteiger partial charge >= 0.3 is 0 Å². The van der Waals surface area contributed by atoms with Gasteiger partial charge in [0.1, 0.15) is 0 Å². The van der Waals surface area contributed by atoms with Gasteiger partial charge in [-0.2, -0.15) is 0 Å². The molecule has 0 bridgehead atoms. The predicted molar refractivity (Wildman–Crippen MR) is 65.4 cm³/mol. The van der Waals surface area contributed by atoms with Crippen molar-refractivity contribution in [3.05, 3.63) is 33.8 Å². The third-order valence-corrected chi connectivity index (χ3v) is 3.20. The minimum absolute atomic E-state index is 0.000880. The molecule has 1 aliphatic heterocycles. The lowest BCUT2D eigenvalue weighted by molar-refractivity contribution is 0.0765. The molecule has 0 radical (unpaired) electrons. The Kier molecular flexibility index (Phi) is 3.30. The SMILES string of the molecule is Cc1cc(Br)cc(C(=O)N2CC[C@@H](O)C2)c1. The van der Waals surface area contributed by atoms with Gasteiger partial charge in [-0.3, -0.25) is 4.79 Å². The molecule has 1 aromatic rings. The van der Waals surface area contributed by atoms with Crippen LogP contribution in [0.3, 0.4) is 0 Å². The lowest BCUT2D eigenvalue weighted by Crippen LogP contribution is -2.29. The Labute approximate surface area is 103 Å².